The molecule has 2 atom stereocenters. The number of halogens is 6. The number of hydrogen-bond acceptors (Lipinski definition) is 3. The largest absolute Gasteiger partial charge is 0.455 e. The van der Waals surface area contributed by atoms with Gasteiger partial charge in [-0.15, -0.1) is 0 Å². The van der Waals surface area contributed by atoms with Crippen molar-refractivity contribution in [1.29, 1.82) is 5.26 Å². The third kappa shape index (κ3) is 6.43. The normalized spacial score (nSPS) is 14.5. The fourth-order valence-corrected chi connectivity index (χ4v) is 2.63. The van der Waals surface area contributed by atoms with Crippen LogP contribution in [0.5, 0.6) is 0 Å². The van der Waals surface area contributed by atoms with Gasteiger partial charge in [-0.3, -0.25) is 10.1 Å². The molecule has 0 aliphatic rings. The van der Waals surface area contributed by atoms with Crippen molar-refractivity contribution in [3.63, 3.8) is 0 Å². The molecule has 0 heterocycles. The Hall–Kier alpha value is -1.73. The summed E-state index contributed by atoms with van der Waals surface area (Å²) < 4.78 is 67.5. The molecule has 0 unspecified atom stereocenters. The number of carbonyl (C=O) groups excluding carboxylic acids is 1. The van der Waals surface area contributed by atoms with Crippen LogP contribution in [0.4, 0.5) is 22.0 Å². The summed E-state index contributed by atoms with van der Waals surface area (Å²) in [6, 6.07) is 2.84. The molecule has 0 radical (unpaired) electrons. The van der Waals surface area contributed by atoms with E-state index >= 15 is 0 Å². The maximum atomic E-state index is 14.1. The Morgan fingerprint density at radius 2 is 1.74 bits per heavy atom. The summed E-state index contributed by atoms with van der Waals surface area (Å²) in [5.74, 6) is -6.27. The number of nitrogens with one attached hydrogen (secondary N) is 2. The summed E-state index contributed by atoms with van der Waals surface area (Å²) in [5, 5.41) is 13.0. The molecule has 27 heavy (non-hydrogen) atoms. The van der Waals surface area contributed by atoms with Crippen molar-refractivity contribution in [2.24, 2.45) is 5.92 Å². The molecule has 2 N–H and O–H groups in total. The van der Waals surface area contributed by atoms with E-state index in [0.717, 1.165) is 12.1 Å². The van der Waals surface area contributed by atoms with Gasteiger partial charge < -0.3 is 5.32 Å². The Bertz CT molecular complexity index is 671. The van der Waals surface area contributed by atoms with E-state index in [-0.39, 0.29) is 18.9 Å². The fourth-order valence-electron chi connectivity index (χ4n) is 2.37. The van der Waals surface area contributed by atoms with Gasteiger partial charge in [0.05, 0.1) is 18.7 Å². The smallest absolute Gasteiger partial charge is 0.342 e. The molecule has 4 nitrogen and oxygen atoms in total. The first-order valence-electron chi connectivity index (χ1n) is 8.00. The van der Waals surface area contributed by atoms with Crippen LogP contribution in [-0.4, -0.2) is 30.6 Å². The summed E-state index contributed by atoms with van der Waals surface area (Å²) >= 11 is 3.08. The van der Waals surface area contributed by atoms with Crippen LogP contribution in [0.25, 0.3) is 0 Å². The molecular formula is C17H19BrF5N3O. The number of alkyl halides is 5. The van der Waals surface area contributed by atoms with Crippen LogP contribution in [0.1, 0.15) is 31.9 Å². The molecule has 1 rings (SSSR count). The number of rotatable bonds is 8. The SMILES string of the molecule is CC(C)C[C@H](NCC#N)C(=O)N[C@@H](c1ccc(Br)cc1)C(F)(F)C(F)(F)F. The van der Waals surface area contributed by atoms with Crippen molar-refractivity contribution in [3.05, 3.63) is 34.3 Å². The highest BCUT2D eigenvalue weighted by Crippen LogP contribution is 2.44. The van der Waals surface area contributed by atoms with E-state index in [1.54, 1.807) is 19.9 Å². The third-order valence-electron chi connectivity index (χ3n) is 3.68. The van der Waals surface area contributed by atoms with Gasteiger partial charge in [0.2, 0.25) is 5.91 Å². The molecule has 10 heteroatoms. The van der Waals surface area contributed by atoms with Crippen LogP contribution in [0.2, 0.25) is 0 Å². The Kier molecular flexibility index (Phi) is 8.17. The molecular weight excluding hydrogens is 437 g/mol. The minimum absolute atomic E-state index is 0.0544. The number of nitrogens with zero attached hydrogens (tertiary/aromatic N) is 1. The van der Waals surface area contributed by atoms with Crippen LogP contribution in [0.15, 0.2) is 28.7 Å². The Morgan fingerprint density at radius 1 is 1.19 bits per heavy atom. The molecule has 150 valence electrons. The van der Waals surface area contributed by atoms with Crippen LogP contribution in [-0.2, 0) is 4.79 Å². The van der Waals surface area contributed by atoms with Crippen molar-refractivity contribution >= 4 is 21.8 Å². The lowest BCUT2D eigenvalue weighted by molar-refractivity contribution is -0.293. The van der Waals surface area contributed by atoms with Gasteiger partial charge in [-0.2, -0.15) is 27.2 Å². The van der Waals surface area contributed by atoms with Crippen LogP contribution >= 0.6 is 15.9 Å². The van der Waals surface area contributed by atoms with Crippen LogP contribution in [0.3, 0.4) is 0 Å². The van der Waals surface area contributed by atoms with Crippen LogP contribution < -0.4 is 10.6 Å². The first-order chi connectivity index (χ1) is 12.4. The average molecular weight is 456 g/mol. The molecule has 1 aromatic rings. The molecule has 0 spiro atoms. The number of nitriles is 1. The van der Waals surface area contributed by atoms with Gasteiger partial charge in [-0.25, -0.2) is 0 Å². The first kappa shape index (κ1) is 23.3. The Balaban J connectivity index is 3.21. The monoisotopic (exact) mass is 455 g/mol. The molecule has 0 fully saturated rings. The van der Waals surface area contributed by atoms with E-state index in [4.69, 9.17) is 5.26 Å². The number of hydrogen-bond donors (Lipinski definition) is 2. The van der Waals surface area contributed by atoms with Gasteiger partial charge in [-0.1, -0.05) is 41.9 Å². The molecule has 0 saturated heterocycles. The predicted octanol–water partition coefficient (Wildman–Crippen LogP) is 4.33. The summed E-state index contributed by atoms with van der Waals surface area (Å²) in [4.78, 5) is 12.4. The van der Waals surface area contributed by atoms with Gasteiger partial charge in [0.1, 0.15) is 6.04 Å². The van der Waals surface area contributed by atoms with Gasteiger partial charge in [0.15, 0.2) is 0 Å². The average Bonchev–Trinajstić information content (AvgIpc) is 2.55. The molecule has 0 saturated carbocycles. The molecule has 1 aromatic carbocycles. The van der Waals surface area contributed by atoms with Crippen LogP contribution in [0, 0.1) is 17.2 Å². The highest BCUT2D eigenvalue weighted by molar-refractivity contribution is 9.10. The second-order valence-electron chi connectivity index (χ2n) is 6.34. The highest BCUT2D eigenvalue weighted by atomic mass is 79.9. The van der Waals surface area contributed by atoms with Crippen molar-refractivity contribution in [2.75, 3.05) is 6.54 Å². The number of carbonyl (C=O) groups is 1. The zero-order valence-electron chi connectivity index (χ0n) is 14.6. The van der Waals surface area contributed by atoms with Gasteiger partial charge >= 0.3 is 12.1 Å². The number of amides is 1. The maximum absolute atomic E-state index is 14.1. The zero-order valence-corrected chi connectivity index (χ0v) is 16.2. The quantitative estimate of drug-likeness (QED) is 0.452. The summed E-state index contributed by atoms with van der Waals surface area (Å²) in [7, 11) is 0. The van der Waals surface area contributed by atoms with E-state index in [9.17, 15) is 26.7 Å². The Morgan fingerprint density at radius 3 is 2.19 bits per heavy atom. The fraction of sp³-hybridized carbons (Fsp3) is 0.529. The first-order valence-corrected chi connectivity index (χ1v) is 8.80. The molecule has 0 aliphatic heterocycles. The molecule has 0 aromatic heterocycles. The summed E-state index contributed by atoms with van der Waals surface area (Å²) in [6.45, 7) is 3.26. The lowest BCUT2D eigenvalue weighted by atomic mass is 9.98. The minimum atomic E-state index is -5.86. The van der Waals surface area contributed by atoms with Gasteiger partial charge in [0.25, 0.3) is 0 Å². The molecule has 0 aliphatic carbocycles. The minimum Gasteiger partial charge on any atom is -0.342 e. The van der Waals surface area contributed by atoms with Crippen molar-refractivity contribution in [2.45, 2.75) is 44.5 Å². The van der Waals surface area contributed by atoms with Gasteiger partial charge in [0, 0.05) is 4.47 Å². The predicted molar refractivity (Wildman–Crippen MR) is 92.9 cm³/mol. The molecule has 0 bridgehead atoms. The standard InChI is InChI=1S/C17H19BrF5N3O/c1-10(2)9-13(25-8-7-24)15(27)26-14(16(19,20)17(21,22)23)11-3-5-12(18)6-4-11/h3-6,10,13-14,25H,8-9H2,1-2H3,(H,26,27)/t13-,14-/m0/s1. The van der Waals surface area contributed by atoms with Crippen molar-refractivity contribution in [3.8, 4) is 6.07 Å². The topological polar surface area (TPSA) is 64.9 Å². The Labute approximate surface area is 162 Å². The van der Waals surface area contributed by atoms with E-state index < -0.39 is 35.7 Å². The van der Waals surface area contributed by atoms with E-state index in [1.165, 1.54) is 12.1 Å². The maximum Gasteiger partial charge on any atom is 0.455 e. The highest BCUT2D eigenvalue weighted by Gasteiger charge is 2.63. The van der Waals surface area contributed by atoms with Gasteiger partial charge in [-0.05, 0) is 30.0 Å². The third-order valence-corrected chi connectivity index (χ3v) is 4.21. The van der Waals surface area contributed by atoms with E-state index in [2.05, 4.69) is 21.2 Å². The van der Waals surface area contributed by atoms with E-state index in [1.807, 2.05) is 5.32 Å². The van der Waals surface area contributed by atoms with Crippen molar-refractivity contribution < 1.29 is 26.7 Å². The van der Waals surface area contributed by atoms with E-state index in [0.29, 0.717) is 4.47 Å². The van der Waals surface area contributed by atoms with Crippen molar-refractivity contribution in [1.82, 2.24) is 10.6 Å². The second kappa shape index (κ2) is 9.46. The zero-order chi connectivity index (χ0) is 20.8. The lowest BCUT2D eigenvalue weighted by Crippen LogP contribution is -2.53. The second-order valence-corrected chi connectivity index (χ2v) is 7.25. The summed E-state index contributed by atoms with van der Waals surface area (Å²) in [6.07, 6.45) is -5.69. The number of benzene rings is 1. The molecule has 1 amide bonds. The summed E-state index contributed by atoms with van der Waals surface area (Å²) in [5.41, 5.74) is -0.391. The lowest BCUT2D eigenvalue weighted by Gasteiger charge is -2.31.